The monoisotopic (exact) mass is 318 g/mol. The molecule has 2 rings (SSSR count). The Kier molecular flexibility index (Phi) is 4.61. The molecule has 9 nitrogen and oxygen atoms in total. The van der Waals surface area contributed by atoms with Gasteiger partial charge in [-0.2, -0.15) is 17.9 Å². The molecule has 1 aliphatic rings. The van der Waals surface area contributed by atoms with Crippen LogP contribution in [0.15, 0.2) is 6.20 Å². The van der Waals surface area contributed by atoms with E-state index in [1.165, 1.54) is 13.3 Å². The number of aromatic nitrogens is 2. The third kappa shape index (κ3) is 3.59. The number of aromatic carboxylic acids is 1. The van der Waals surface area contributed by atoms with Crippen molar-refractivity contribution in [2.75, 3.05) is 20.3 Å². The number of hydrogen-bond acceptors (Lipinski definition) is 5. The van der Waals surface area contributed by atoms with E-state index in [1.807, 2.05) is 0 Å². The summed E-state index contributed by atoms with van der Waals surface area (Å²) in [7, 11) is -2.24. The molecule has 0 unspecified atom stereocenters. The molecule has 1 aromatic rings. The zero-order chi connectivity index (χ0) is 15.5. The predicted molar refractivity (Wildman–Crippen MR) is 73.0 cm³/mol. The van der Waals surface area contributed by atoms with Crippen LogP contribution in [0.1, 0.15) is 35.6 Å². The molecular weight excluding hydrogens is 300 g/mol. The van der Waals surface area contributed by atoms with Crippen molar-refractivity contribution in [3.63, 3.8) is 0 Å². The fourth-order valence-corrected chi connectivity index (χ4v) is 3.40. The number of carbonyl (C=O) groups is 1. The summed E-state index contributed by atoms with van der Waals surface area (Å²) in [6.45, 7) is 0.415. The van der Waals surface area contributed by atoms with Gasteiger partial charge in [0.15, 0.2) is 0 Å². The maximum Gasteiger partial charge on any atom is 0.353 e. The highest BCUT2D eigenvalue weighted by Gasteiger charge is 2.44. The quantitative estimate of drug-likeness (QED) is 0.480. The molecule has 1 saturated carbocycles. The second-order valence-electron chi connectivity index (χ2n) is 4.88. The number of carboxylic acid groups (broad SMARTS) is 1. The number of methoxy groups -OCH3 is 1. The first-order chi connectivity index (χ1) is 9.88. The Hall–Kier alpha value is -1.49. The van der Waals surface area contributed by atoms with E-state index in [1.54, 1.807) is 0 Å². The Bertz CT molecular complexity index is 608. The molecule has 0 amide bonds. The number of hydrogen-bond donors (Lipinski definition) is 4. The van der Waals surface area contributed by atoms with E-state index < -0.39 is 21.7 Å². The van der Waals surface area contributed by atoms with Gasteiger partial charge in [-0.15, -0.1) is 0 Å². The average Bonchev–Trinajstić information content (AvgIpc) is 2.84. The molecule has 118 valence electrons. The van der Waals surface area contributed by atoms with Gasteiger partial charge in [0.1, 0.15) is 11.5 Å². The Balaban J connectivity index is 2.12. The maximum atomic E-state index is 12.0. The standard InChI is InChI=1S/C11H18N4O5S/c1-20-6-5-13-21(18,19)15-11(3-2-4-11)10-12-7-8(14-10)9(16)17/h7,13,15H,2-6H2,1H3,(H,12,14)(H,16,17). The van der Waals surface area contributed by atoms with Crippen LogP contribution >= 0.6 is 0 Å². The van der Waals surface area contributed by atoms with Gasteiger partial charge in [0.25, 0.3) is 10.2 Å². The Morgan fingerprint density at radius 1 is 1.57 bits per heavy atom. The Morgan fingerprint density at radius 2 is 2.29 bits per heavy atom. The summed E-state index contributed by atoms with van der Waals surface area (Å²) in [6.07, 6.45) is 3.14. The van der Waals surface area contributed by atoms with Crippen LogP contribution in [-0.4, -0.2) is 49.7 Å². The molecule has 0 aliphatic heterocycles. The highest BCUT2D eigenvalue weighted by atomic mass is 32.2. The van der Waals surface area contributed by atoms with Crippen LogP contribution in [0.4, 0.5) is 0 Å². The van der Waals surface area contributed by atoms with E-state index in [2.05, 4.69) is 19.4 Å². The van der Waals surface area contributed by atoms with E-state index in [0.29, 0.717) is 18.7 Å². The number of nitrogens with zero attached hydrogens (tertiary/aromatic N) is 1. The van der Waals surface area contributed by atoms with Crippen molar-refractivity contribution in [1.29, 1.82) is 0 Å². The third-order valence-electron chi connectivity index (χ3n) is 3.39. The highest BCUT2D eigenvalue weighted by molar-refractivity contribution is 7.87. The molecule has 0 atom stereocenters. The molecule has 1 aromatic heterocycles. The minimum Gasteiger partial charge on any atom is -0.477 e. The number of nitrogens with one attached hydrogen (secondary N) is 3. The molecule has 0 bridgehead atoms. The Morgan fingerprint density at radius 3 is 2.76 bits per heavy atom. The minimum absolute atomic E-state index is 0.0668. The fraction of sp³-hybridized carbons (Fsp3) is 0.636. The molecule has 4 N–H and O–H groups in total. The van der Waals surface area contributed by atoms with E-state index in [9.17, 15) is 13.2 Å². The molecule has 1 fully saturated rings. The van der Waals surface area contributed by atoms with Crippen molar-refractivity contribution in [3.05, 3.63) is 17.7 Å². The van der Waals surface area contributed by atoms with Crippen LogP contribution in [0, 0.1) is 0 Å². The zero-order valence-corrected chi connectivity index (χ0v) is 12.4. The van der Waals surface area contributed by atoms with Crippen molar-refractivity contribution in [2.45, 2.75) is 24.8 Å². The SMILES string of the molecule is COCCNS(=O)(=O)NC1(c2ncc(C(=O)O)[nH]2)CCC1. The van der Waals surface area contributed by atoms with Crippen molar-refractivity contribution in [2.24, 2.45) is 0 Å². The summed E-state index contributed by atoms with van der Waals surface area (Å²) < 4.78 is 33.7. The van der Waals surface area contributed by atoms with Gasteiger partial charge in [0, 0.05) is 13.7 Å². The van der Waals surface area contributed by atoms with Crippen molar-refractivity contribution >= 4 is 16.2 Å². The molecular formula is C11H18N4O5S. The number of aromatic amines is 1. The molecule has 0 spiro atoms. The Labute approximate surface area is 122 Å². The van der Waals surface area contributed by atoms with Crippen molar-refractivity contribution in [3.8, 4) is 0 Å². The molecule has 21 heavy (non-hydrogen) atoms. The number of rotatable bonds is 8. The van der Waals surface area contributed by atoms with Gasteiger partial charge in [0.2, 0.25) is 0 Å². The molecule has 10 heteroatoms. The average molecular weight is 318 g/mol. The summed E-state index contributed by atoms with van der Waals surface area (Å²) >= 11 is 0. The molecule has 1 aliphatic carbocycles. The van der Waals surface area contributed by atoms with E-state index in [4.69, 9.17) is 9.84 Å². The first-order valence-electron chi connectivity index (χ1n) is 6.45. The minimum atomic E-state index is -3.72. The third-order valence-corrected chi connectivity index (χ3v) is 4.64. The predicted octanol–water partition coefficient (Wildman–Crippen LogP) is -0.442. The van der Waals surface area contributed by atoms with Crippen LogP contribution in [-0.2, 0) is 20.5 Å². The maximum absolute atomic E-state index is 12.0. The van der Waals surface area contributed by atoms with Crippen molar-refractivity contribution < 1.29 is 23.1 Å². The largest absolute Gasteiger partial charge is 0.477 e. The summed E-state index contributed by atoms with van der Waals surface area (Å²) in [5.41, 5.74) is -0.935. The lowest BCUT2D eigenvalue weighted by molar-refractivity contribution is 0.0690. The fourth-order valence-electron chi connectivity index (χ4n) is 2.16. The highest BCUT2D eigenvalue weighted by Crippen LogP contribution is 2.40. The second-order valence-corrected chi connectivity index (χ2v) is 6.38. The van der Waals surface area contributed by atoms with Crippen LogP contribution in [0.2, 0.25) is 0 Å². The molecule has 0 saturated heterocycles. The number of ether oxygens (including phenoxy) is 1. The van der Waals surface area contributed by atoms with Crippen LogP contribution in [0.25, 0.3) is 0 Å². The number of carboxylic acids is 1. The lowest BCUT2D eigenvalue weighted by Crippen LogP contribution is -2.55. The summed E-state index contributed by atoms with van der Waals surface area (Å²) in [5, 5.41) is 8.89. The lowest BCUT2D eigenvalue weighted by Gasteiger charge is -2.40. The normalized spacial score (nSPS) is 17.4. The van der Waals surface area contributed by atoms with E-state index in [-0.39, 0.29) is 18.8 Å². The van der Waals surface area contributed by atoms with Crippen molar-refractivity contribution in [1.82, 2.24) is 19.4 Å². The van der Waals surface area contributed by atoms with Gasteiger partial charge in [-0.25, -0.2) is 9.78 Å². The van der Waals surface area contributed by atoms with Gasteiger partial charge in [-0.05, 0) is 19.3 Å². The topological polar surface area (TPSA) is 133 Å². The van der Waals surface area contributed by atoms with Gasteiger partial charge in [-0.3, -0.25) is 0 Å². The number of H-pyrrole nitrogens is 1. The van der Waals surface area contributed by atoms with Gasteiger partial charge in [0.05, 0.1) is 18.3 Å². The smallest absolute Gasteiger partial charge is 0.353 e. The first-order valence-corrected chi connectivity index (χ1v) is 7.93. The molecule has 0 radical (unpaired) electrons. The first kappa shape index (κ1) is 15.9. The van der Waals surface area contributed by atoms with Crippen LogP contribution in [0.5, 0.6) is 0 Å². The van der Waals surface area contributed by atoms with Gasteiger partial charge < -0.3 is 14.8 Å². The number of imidazole rings is 1. The van der Waals surface area contributed by atoms with Gasteiger partial charge in [-0.1, -0.05) is 0 Å². The summed E-state index contributed by atoms with van der Waals surface area (Å²) in [6, 6.07) is 0. The summed E-state index contributed by atoms with van der Waals surface area (Å²) in [5.74, 6) is -0.812. The molecule has 0 aromatic carbocycles. The second kappa shape index (κ2) is 6.10. The van der Waals surface area contributed by atoms with Crippen LogP contribution in [0.3, 0.4) is 0 Å². The molecule has 1 heterocycles. The zero-order valence-electron chi connectivity index (χ0n) is 11.5. The lowest BCUT2D eigenvalue weighted by atomic mass is 9.77. The van der Waals surface area contributed by atoms with E-state index in [0.717, 1.165) is 6.42 Å². The van der Waals surface area contributed by atoms with Crippen LogP contribution < -0.4 is 9.44 Å². The van der Waals surface area contributed by atoms with E-state index >= 15 is 0 Å². The van der Waals surface area contributed by atoms with Gasteiger partial charge >= 0.3 is 5.97 Å². The summed E-state index contributed by atoms with van der Waals surface area (Å²) in [4.78, 5) is 17.5.